The first-order chi connectivity index (χ1) is 11.9. The van der Waals surface area contributed by atoms with Crippen LogP contribution in [0, 0.1) is 0 Å². The van der Waals surface area contributed by atoms with E-state index in [-0.39, 0.29) is 18.2 Å². The maximum Gasteiger partial charge on any atom is 0.340 e. The van der Waals surface area contributed by atoms with E-state index in [1.807, 2.05) is 44.2 Å². The zero-order chi connectivity index (χ0) is 18.0. The second kappa shape index (κ2) is 6.46. The molecule has 25 heavy (non-hydrogen) atoms. The molecule has 0 radical (unpaired) electrons. The number of allylic oxidation sites excluding steroid dienone is 1. The van der Waals surface area contributed by atoms with Gasteiger partial charge in [-0.3, -0.25) is 4.79 Å². The number of benzene rings is 1. The van der Waals surface area contributed by atoms with E-state index in [4.69, 9.17) is 4.84 Å². The zero-order valence-corrected chi connectivity index (χ0v) is 14.2. The third-order valence-electron chi connectivity index (χ3n) is 4.07. The largest absolute Gasteiger partial charge is 0.340 e. The van der Waals surface area contributed by atoms with Gasteiger partial charge < -0.3 is 4.84 Å². The van der Waals surface area contributed by atoms with Crippen molar-refractivity contribution in [2.75, 3.05) is 0 Å². The standard InChI is InChI=1S/C17H19N5O3/c1-12-9-10-15(23)21(12)25-16(24)11-14-18-20-22(19-14)17(2,3)13-7-5-4-6-8-13/h4-8H,1,9-11H2,2-3H3. The third kappa shape index (κ3) is 3.42. The number of tetrazole rings is 1. The Balaban J connectivity index is 1.68. The second-order valence-electron chi connectivity index (χ2n) is 6.31. The molecule has 0 unspecified atom stereocenters. The van der Waals surface area contributed by atoms with Gasteiger partial charge in [0.15, 0.2) is 5.82 Å². The predicted octanol–water partition coefficient (Wildman–Crippen LogP) is 1.59. The molecule has 1 amide bonds. The minimum Gasteiger partial charge on any atom is -0.333 e. The Bertz CT molecular complexity index is 797. The van der Waals surface area contributed by atoms with Gasteiger partial charge in [-0.05, 0) is 31.0 Å². The molecule has 1 saturated heterocycles. The van der Waals surface area contributed by atoms with Crippen LogP contribution in [-0.2, 0) is 26.4 Å². The molecule has 0 N–H and O–H groups in total. The van der Waals surface area contributed by atoms with E-state index >= 15 is 0 Å². The Morgan fingerprint density at radius 2 is 2.00 bits per heavy atom. The molecule has 0 saturated carbocycles. The number of hydroxylamine groups is 2. The summed E-state index contributed by atoms with van der Waals surface area (Å²) in [6, 6.07) is 9.76. The number of hydrogen-bond donors (Lipinski definition) is 0. The van der Waals surface area contributed by atoms with E-state index in [1.54, 1.807) is 0 Å². The molecule has 130 valence electrons. The van der Waals surface area contributed by atoms with Gasteiger partial charge in [-0.15, -0.1) is 15.3 Å². The van der Waals surface area contributed by atoms with Crippen LogP contribution in [0.5, 0.6) is 0 Å². The van der Waals surface area contributed by atoms with Crippen molar-refractivity contribution in [3.63, 3.8) is 0 Å². The van der Waals surface area contributed by atoms with Crippen LogP contribution in [0.4, 0.5) is 0 Å². The fourth-order valence-electron chi connectivity index (χ4n) is 2.52. The summed E-state index contributed by atoms with van der Waals surface area (Å²) in [5.41, 5.74) is 0.968. The highest BCUT2D eigenvalue weighted by Crippen LogP contribution is 2.23. The van der Waals surface area contributed by atoms with E-state index in [9.17, 15) is 9.59 Å². The lowest BCUT2D eigenvalue weighted by atomic mass is 9.95. The zero-order valence-electron chi connectivity index (χ0n) is 14.2. The van der Waals surface area contributed by atoms with Crippen LogP contribution >= 0.6 is 0 Å². The normalized spacial score (nSPS) is 14.9. The molecular formula is C17H19N5O3. The summed E-state index contributed by atoms with van der Waals surface area (Å²) in [5.74, 6) is -0.681. The summed E-state index contributed by atoms with van der Waals surface area (Å²) >= 11 is 0. The molecule has 0 aliphatic carbocycles. The van der Waals surface area contributed by atoms with E-state index < -0.39 is 11.5 Å². The van der Waals surface area contributed by atoms with Crippen LogP contribution in [0.2, 0.25) is 0 Å². The van der Waals surface area contributed by atoms with Crippen molar-refractivity contribution in [3.05, 3.63) is 54.0 Å². The fourth-order valence-corrected chi connectivity index (χ4v) is 2.52. The van der Waals surface area contributed by atoms with Crippen LogP contribution in [-0.4, -0.2) is 37.1 Å². The molecule has 1 aliphatic rings. The smallest absolute Gasteiger partial charge is 0.333 e. The first-order valence-corrected chi connectivity index (χ1v) is 7.94. The molecule has 8 nitrogen and oxygen atoms in total. The van der Waals surface area contributed by atoms with Gasteiger partial charge in [0, 0.05) is 6.42 Å². The highest BCUT2D eigenvalue weighted by molar-refractivity contribution is 5.82. The number of rotatable bonds is 5. The van der Waals surface area contributed by atoms with E-state index in [0.717, 1.165) is 10.6 Å². The first kappa shape index (κ1) is 16.8. The van der Waals surface area contributed by atoms with Crippen LogP contribution in [0.25, 0.3) is 0 Å². The van der Waals surface area contributed by atoms with Gasteiger partial charge in [0.05, 0.1) is 5.70 Å². The molecule has 0 atom stereocenters. The van der Waals surface area contributed by atoms with Crippen molar-refractivity contribution in [1.82, 2.24) is 25.3 Å². The molecule has 8 heteroatoms. The lowest BCUT2D eigenvalue weighted by Crippen LogP contribution is -2.30. The van der Waals surface area contributed by atoms with Gasteiger partial charge in [-0.1, -0.05) is 36.9 Å². The third-order valence-corrected chi connectivity index (χ3v) is 4.07. The van der Waals surface area contributed by atoms with Crippen molar-refractivity contribution in [1.29, 1.82) is 0 Å². The number of amides is 1. The number of hydrogen-bond acceptors (Lipinski definition) is 6. The van der Waals surface area contributed by atoms with Crippen molar-refractivity contribution in [3.8, 4) is 0 Å². The van der Waals surface area contributed by atoms with Crippen LogP contribution < -0.4 is 0 Å². The lowest BCUT2D eigenvalue weighted by molar-refractivity contribution is -0.186. The maximum atomic E-state index is 12.0. The minimum absolute atomic E-state index is 0.179. The number of aromatic nitrogens is 4. The van der Waals surface area contributed by atoms with Crippen molar-refractivity contribution in [2.45, 2.75) is 38.6 Å². The van der Waals surface area contributed by atoms with Crippen molar-refractivity contribution >= 4 is 11.9 Å². The summed E-state index contributed by atoms with van der Waals surface area (Å²) in [5, 5.41) is 13.2. The first-order valence-electron chi connectivity index (χ1n) is 7.94. The van der Waals surface area contributed by atoms with Gasteiger partial charge in [0.2, 0.25) is 0 Å². The average Bonchev–Trinajstić information content (AvgIpc) is 3.18. The quantitative estimate of drug-likeness (QED) is 0.820. The Hall–Kier alpha value is -3.03. The summed E-state index contributed by atoms with van der Waals surface area (Å²) in [6.07, 6.45) is 0.611. The van der Waals surface area contributed by atoms with Gasteiger partial charge in [-0.2, -0.15) is 4.80 Å². The molecule has 0 bridgehead atoms. The van der Waals surface area contributed by atoms with Crippen LogP contribution in [0.15, 0.2) is 42.6 Å². The van der Waals surface area contributed by atoms with Gasteiger partial charge >= 0.3 is 5.97 Å². The summed E-state index contributed by atoms with van der Waals surface area (Å²) < 4.78 is 0. The highest BCUT2D eigenvalue weighted by atomic mass is 16.7. The van der Waals surface area contributed by atoms with Crippen LogP contribution in [0.1, 0.15) is 38.1 Å². The molecule has 1 aromatic heterocycles. The molecule has 1 aromatic carbocycles. The molecule has 0 spiro atoms. The number of nitrogens with zero attached hydrogens (tertiary/aromatic N) is 5. The van der Waals surface area contributed by atoms with E-state index in [0.29, 0.717) is 18.5 Å². The van der Waals surface area contributed by atoms with Crippen LogP contribution in [0.3, 0.4) is 0 Å². The van der Waals surface area contributed by atoms with E-state index in [2.05, 4.69) is 22.0 Å². The van der Waals surface area contributed by atoms with Crippen molar-refractivity contribution < 1.29 is 14.4 Å². The Morgan fingerprint density at radius 1 is 1.28 bits per heavy atom. The summed E-state index contributed by atoms with van der Waals surface area (Å²) in [4.78, 5) is 30.1. The molecule has 1 aliphatic heterocycles. The molecule has 1 fully saturated rings. The number of carbonyl (C=O) groups excluding carboxylic acids is 2. The van der Waals surface area contributed by atoms with Gasteiger partial charge in [0.1, 0.15) is 12.0 Å². The van der Waals surface area contributed by atoms with Gasteiger partial charge in [-0.25, -0.2) is 4.79 Å². The lowest BCUT2D eigenvalue weighted by Gasteiger charge is -2.23. The maximum absolute atomic E-state index is 12.0. The van der Waals surface area contributed by atoms with Gasteiger partial charge in [0.25, 0.3) is 5.91 Å². The molecular weight excluding hydrogens is 322 g/mol. The Kier molecular flexibility index (Phi) is 4.35. The Morgan fingerprint density at radius 3 is 2.64 bits per heavy atom. The molecule has 2 heterocycles. The fraction of sp³-hybridized carbons (Fsp3) is 0.353. The van der Waals surface area contributed by atoms with Crippen molar-refractivity contribution in [2.24, 2.45) is 0 Å². The highest BCUT2D eigenvalue weighted by Gasteiger charge is 2.29. The molecule has 2 aromatic rings. The molecule has 3 rings (SSSR count). The summed E-state index contributed by atoms with van der Waals surface area (Å²) in [6.45, 7) is 7.61. The number of carbonyl (C=O) groups is 2. The topological polar surface area (TPSA) is 90.2 Å². The minimum atomic E-state index is -0.631. The SMILES string of the molecule is C=C1CCC(=O)N1OC(=O)Cc1nnn(C(C)(C)c2ccccc2)n1. The summed E-state index contributed by atoms with van der Waals surface area (Å²) in [7, 11) is 0. The average molecular weight is 341 g/mol. The predicted molar refractivity (Wildman–Crippen MR) is 87.7 cm³/mol. The monoisotopic (exact) mass is 341 g/mol. The Labute approximate surface area is 145 Å². The second-order valence-corrected chi connectivity index (χ2v) is 6.31. The van der Waals surface area contributed by atoms with E-state index in [1.165, 1.54) is 4.80 Å².